The van der Waals surface area contributed by atoms with Crippen LogP contribution in [0.4, 0.5) is 0 Å². The van der Waals surface area contributed by atoms with Crippen LogP contribution in [-0.4, -0.2) is 19.3 Å². The third-order valence-electron chi connectivity index (χ3n) is 3.28. The fraction of sp³-hybridized carbons (Fsp3) is 0.375. The van der Waals surface area contributed by atoms with Crippen molar-refractivity contribution in [3.63, 3.8) is 0 Å². The minimum absolute atomic E-state index is 0.0876. The molecule has 3 rings (SSSR count). The molecule has 112 valence electrons. The lowest BCUT2D eigenvalue weighted by Gasteiger charge is -2.19. The van der Waals surface area contributed by atoms with Crippen LogP contribution < -0.4 is 15.2 Å². The Labute approximate surface area is 133 Å². The maximum Gasteiger partial charge on any atom is 0.162 e. The summed E-state index contributed by atoms with van der Waals surface area (Å²) in [6.45, 7) is 3.49. The first-order valence-electron chi connectivity index (χ1n) is 7.09. The Hall–Kier alpha value is -1.17. The molecule has 3 nitrogen and oxygen atoms in total. The summed E-state index contributed by atoms with van der Waals surface area (Å²) in [6.07, 6.45) is 0.925. The second-order valence-electron chi connectivity index (χ2n) is 5.07. The maximum atomic E-state index is 6.17. The van der Waals surface area contributed by atoms with Crippen LogP contribution in [0, 0.1) is 0 Å². The van der Waals surface area contributed by atoms with Crippen molar-refractivity contribution in [2.75, 3.05) is 13.2 Å². The molecule has 0 saturated heterocycles. The topological polar surface area (TPSA) is 44.5 Å². The molecule has 0 radical (unpaired) electrons. The Morgan fingerprint density at radius 2 is 2.00 bits per heavy atom. The monoisotopic (exact) mass is 321 g/mol. The molecular weight excluding hydrogens is 302 g/mol. The van der Waals surface area contributed by atoms with Crippen LogP contribution in [0.2, 0.25) is 0 Å². The standard InChI is InChI=1S/C16H19NO2S2/c1-11(17)16(15-4-2-9-20-15)21-12-5-6-13-14(10-12)19-8-3-7-18-13/h2,4-6,9-11,16H,3,7-8,17H2,1H3. The highest BCUT2D eigenvalue weighted by molar-refractivity contribution is 7.99. The Balaban J connectivity index is 1.82. The van der Waals surface area contributed by atoms with Gasteiger partial charge < -0.3 is 15.2 Å². The highest BCUT2D eigenvalue weighted by atomic mass is 32.2. The second-order valence-corrected chi connectivity index (χ2v) is 7.27. The summed E-state index contributed by atoms with van der Waals surface area (Å²) in [5, 5.41) is 2.36. The predicted octanol–water partition coefficient (Wildman–Crippen LogP) is 4.09. The van der Waals surface area contributed by atoms with Crippen LogP contribution in [0.1, 0.15) is 23.5 Å². The lowest BCUT2D eigenvalue weighted by Crippen LogP contribution is -2.21. The SMILES string of the molecule is CC(N)C(Sc1ccc2c(c1)OCCCO2)c1cccs1. The van der Waals surface area contributed by atoms with Crippen molar-refractivity contribution in [2.24, 2.45) is 5.73 Å². The first-order valence-corrected chi connectivity index (χ1v) is 8.85. The fourth-order valence-electron chi connectivity index (χ4n) is 2.24. The van der Waals surface area contributed by atoms with Gasteiger partial charge in [0.15, 0.2) is 11.5 Å². The first kappa shape index (κ1) is 14.8. The third-order valence-corrected chi connectivity index (χ3v) is 5.85. The van der Waals surface area contributed by atoms with E-state index in [4.69, 9.17) is 15.2 Å². The van der Waals surface area contributed by atoms with Crippen LogP contribution >= 0.6 is 23.1 Å². The zero-order chi connectivity index (χ0) is 14.7. The van der Waals surface area contributed by atoms with Crippen LogP contribution in [0.3, 0.4) is 0 Å². The molecule has 0 bridgehead atoms. The van der Waals surface area contributed by atoms with Gasteiger partial charge in [-0.05, 0) is 36.6 Å². The highest BCUT2D eigenvalue weighted by Gasteiger charge is 2.20. The van der Waals surface area contributed by atoms with Gasteiger partial charge in [0.05, 0.1) is 18.5 Å². The van der Waals surface area contributed by atoms with Crippen molar-refractivity contribution >= 4 is 23.1 Å². The summed E-state index contributed by atoms with van der Waals surface area (Å²) >= 11 is 3.54. The molecule has 2 aromatic rings. The van der Waals surface area contributed by atoms with Gasteiger partial charge >= 0.3 is 0 Å². The van der Waals surface area contributed by atoms with Gasteiger partial charge in [-0.3, -0.25) is 0 Å². The van der Waals surface area contributed by atoms with E-state index < -0.39 is 0 Å². The Kier molecular flexibility index (Phi) is 4.73. The third kappa shape index (κ3) is 3.54. The number of rotatable bonds is 4. The van der Waals surface area contributed by atoms with E-state index in [0.29, 0.717) is 6.61 Å². The van der Waals surface area contributed by atoms with Crippen molar-refractivity contribution in [3.8, 4) is 11.5 Å². The molecule has 2 atom stereocenters. The number of hydrogen-bond acceptors (Lipinski definition) is 5. The number of thioether (sulfide) groups is 1. The molecule has 2 heterocycles. The van der Waals surface area contributed by atoms with E-state index in [1.807, 2.05) is 6.07 Å². The molecule has 1 aromatic carbocycles. The van der Waals surface area contributed by atoms with Crippen LogP contribution in [0.5, 0.6) is 11.5 Å². The second kappa shape index (κ2) is 6.73. The van der Waals surface area contributed by atoms with E-state index in [-0.39, 0.29) is 11.3 Å². The van der Waals surface area contributed by atoms with E-state index in [0.717, 1.165) is 29.4 Å². The molecular formula is C16H19NO2S2. The number of thiophene rings is 1. The van der Waals surface area contributed by atoms with Gasteiger partial charge in [0.2, 0.25) is 0 Å². The number of hydrogen-bond donors (Lipinski definition) is 1. The predicted molar refractivity (Wildman–Crippen MR) is 88.6 cm³/mol. The maximum absolute atomic E-state index is 6.17. The Morgan fingerprint density at radius 3 is 2.71 bits per heavy atom. The summed E-state index contributed by atoms with van der Waals surface area (Å²) in [5.41, 5.74) is 6.17. The van der Waals surface area contributed by atoms with Gasteiger partial charge in [-0.15, -0.1) is 23.1 Å². The van der Waals surface area contributed by atoms with Crippen LogP contribution in [0.25, 0.3) is 0 Å². The zero-order valence-corrected chi connectivity index (χ0v) is 13.6. The molecule has 1 aliphatic heterocycles. The summed E-state index contributed by atoms with van der Waals surface area (Å²) in [7, 11) is 0. The van der Waals surface area contributed by atoms with Crippen molar-refractivity contribution in [3.05, 3.63) is 40.6 Å². The molecule has 1 aliphatic rings. The molecule has 2 N–H and O–H groups in total. The molecule has 0 saturated carbocycles. The molecule has 5 heteroatoms. The number of ether oxygens (including phenoxy) is 2. The quantitative estimate of drug-likeness (QED) is 0.862. The molecule has 0 fully saturated rings. The van der Waals surface area contributed by atoms with Crippen molar-refractivity contribution in [1.29, 1.82) is 0 Å². The summed E-state index contributed by atoms with van der Waals surface area (Å²) in [6, 6.07) is 10.5. The average Bonchev–Trinajstić information content (AvgIpc) is 2.89. The smallest absolute Gasteiger partial charge is 0.162 e. The van der Waals surface area contributed by atoms with Gasteiger partial charge in [0.25, 0.3) is 0 Å². The van der Waals surface area contributed by atoms with Gasteiger partial charge in [-0.25, -0.2) is 0 Å². The van der Waals surface area contributed by atoms with Gasteiger partial charge in [0.1, 0.15) is 0 Å². The lowest BCUT2D eigenvalue weighted by atomic mass is 10.2. The molecule has 0 spiro atoms. The number of nitrogens with two attached hydrogens (primary N) is 1. The minimum Gasteiger partial charge on any atom is -0.490 e. The molecule has 0 amide bonds. The normalized spacial score (nSPS) is 17.0. The lowest BCUT2D eigenvalue weighted by molar-refractivity contribution is 0.297. The van der Waals surface area contributed by atoms with E-state index >= 15 is 0 Å². The molecule has 2 unspecified atom stereocenters. The van der Waals surface area contributed by atoms with Gasteiger partial charge in [-0.2, -0.15) is 0 Å². The Morgan fingerprint density at radius 1 is 1.19 bits per heavy atom. The zero-order valence-electron chi connectivity index (χ0n) is 12.0. The molecule has 1 aromatic heterocycles. The van der Waals surface area contributed by atoms with E-state index in [2.05, 4.69) is 36.6 Å². The van der Waals surface area contributed by atoms with Gasteiger partial charge in [-0.1, -0.05) is 6.07 Å². The van der Waals surface area contributed by atoms with Crippen LogP contribution in [-0.2, 0) is 0 Å². The molecule has 21 heavy (non-hydrogen) atoms. The Bertz CT molecular complexity index is 584. The number of fused-ring (bicyclic) bond motifs is 1. The van der Waals surface area contributed by atoms with Crippen LogP contribution in [0.15, 0.2) is 40.6 Å². The highest BCUT2D eigenvalue weighted by Crippen LogP contribution is 2.42. The van der Waals surface area contributed by atoms with Crippen molar-refractivity contribution < 1.29 is 9.47 Å². The van der Waals surface area contributed by atoms with E-state index in [9.17, 15) is 0 Å². The molecule has 0 aliphatic carbocycles. The largest absolute Gasteiger partial charge is 0.490 e. The van der Waals surface area contributed by atoms with E-state index in [1.165, 1.54) is 4.88 Å². The summed E-state index contributed by atoms with van der Waals surface area (Å²) in [4.78, 5) is 2.47. The van der Waals surface area contributed by atoms with Gasteiger partial charge in [0, 0.05) is 22.2 Å². The summed E-state index contributed by atoms with van der Waals surface area (Å²) < 4.78 is 11.4. The minimum atomic E-state index is 0.0876. The van der Waals surface area contributed by atoms with E-state index in [1.54, 1.807) is 23.1 Å². The summed E-state index contributed by atoms with van der Waals surface area (Å²) in [5.74, 6) is 1.68. The first-order chi connectivity index (χ1) is 10.2. The van der Waals surface area contributed by atoms with Crippen molar-refractivity contribution in [1.82, 2.24) is 0 Å². The average molecular weight is 321 g/mol. The van der Waals surface area contributed by atoms with Crippen molar-refractivity contribution in [2.45, 2.75) is 29.5 Å². The number of benzene rings is 1. The fourth-order valence-corrected chi connectivity index (χ4v) is 4.40.